The average Bonchev–Trinajstić information content (AvgIpc) is 2.66. The van der Waals surface area contributed by atoms with Crippen LogP contribution in [0.3, 0.4) is 0 Å². The molecule has 0 N–H and O–H groups in total. The van der Waals surface area contributed by atoms with E-state index in [1.165, 1.54) is 18.1 Å². The molecule has 1 aromatic rings. The zero-order valence-electron chi connectivity index (χ0n) is 12.2. The van der Waals surface area contributed by atoms with Gasteiger partial charge in [0.1, 0.15) is 0 Å². The molecule has 1 aromatic carbocycles. The Balaban J connectivity index is 2.52. The zero-order chi connectivity index (χ0) is 13.4. The quantitative estimate of drug-likeness (QED) is 0.626. The Bertz CT molecular complexity index is 433. The van der Waals surface area contributed by atoms with E-state index in [4.69, 9.17) is 0 Å². The Morgan fingerprint density at radius 2 is 1.61 bits per heavy atom. The first-order chi connectivity index (χ1) is 8.48. The summed E-state index contributed by atoms with van der Waals surface area (Å²) in [6.07, 6.45) is 0. The standard InChI is InChI=1S/C12H20S2Si.2CH3.Sn/c1-4-15(5-2,6-3)11-9-7-8-10(13)12(11)14;;;/h7-9,13-14H,4-6H2,1-3H3;2*1H3;/q;;;+2/p-2. The van der Waals surface area contributed by atoms with Gasteiger partial charge in [0.15, 0.2) is 0 Å². The van der Waals surface area contributed by atoms with Gasteiger partial charge in [-0.2, -0.15) is 0 Å². The van der Waals surface area contributed by atoms with E-state index in [1.807, 2.05) is 0 Å². The molecule has 0 nitrogen and oxygen atoms in total. The number of hydrogen-bond donors (Lipinski definition) is 0. The molecule has 0 radical (unpaired) electrons. The molecule has 0 bridgehead atoms. The molecule has 0 aromatic heterocycles. The van der Waals surface area contributed by atoms with Crippen LogP contribution in [0.4, 0.5) is 0 Å². The normalized spacial score (nSPS) is 17.8. The second-order valence-corrected chi connectivity index (χ2v) is 39.0. The number of rotatable bonds is 4. The molecule has 2 rings (SSSR count). The molecule has 0 amide bonds. The van der Waals surface area contributed by atoms with E-state index in [9.17, 15) is 0 Å². The van der Waals surface area contributed by atoms with Gasteiger partial charge < -0.3 is 0 Å². The molecule has 0 saturated heterocycles. The Morgan fingerprint density at radius 3 is 2.17 bits per heavy atom. The maximum atomic E-state index is 2.56. The first kappa shape index (κ1) is 15.3. The van der Waals surface area contributed by atoms with Gasteiger partial charge in [0, 0.05) is 0 Å². The van der Waals surface area contributed by atoms with Crippen LogP contribution in [-0.4, -0.2) is 23.7 Å². The van der Waals surface area contributed by atoms with Crippen molar-refractivity contribution in [1.82, 2.24) is 0 Å². The molecule has 0 unspecified atom stereocenters. The Kier molecular flexibility index (Phi) is 4.89. The summed E-state index contributed by atoms with van der Waals surface area (Å²) in [5.41, 5.74) is 0. The van der Waals surface area contributed by atoms with Crippen LogP contribution in [0.25, 0.3) is 0 Å². The van der Waals surface area contributed by atoms with Crippen molar-refractivity contribution in [2.24, 2.45) is 0 Å². The minimum absolute atomic E-state index is 1.21. The second kappa shape index (κ2) is 5.74. The van der Waals surface area contributed by atoms with Crippen LogP contribution < -0.4 is 5.19 Å². The Hall–Kier alpha value is 0.936. The van der Waals surface area contributed by atoms with Crippen molar-refractivity contribution < 1.29 is 0 Å². The number of fused-ring (bicyclic) bond motifs is 1. The SMILES string of the molecule is CC[Si](CC)(CC)c1cccc2c1[S][Sn]([CH3])([CH3])[S]2. The Morgan fingerprint density at radius 1 is 1.00 bits per heavy atom. The van der Waals surface area contributed by atoms with E-state index in [1.54, 1.807) is 15.0 Å². The molecular formula is C14H24S2SiSn. The fourth-order valence-electron chi connectivity index (χ4n) is 2.97. The molecule has 0 saturated carbocycles. The van der Waals surface area contributed by atoms with Gasteiger partial charge in [0.2, 0.25) is 0 Å². The van der Waals surface area contributed by atoms with Crippen molar-refractivity contribution in [2.75, 3.05) is 0 Å². The third kappa shape index (κ3) is 2.70. The van der Waals surface area contributed by atoms with Gasteiger partial charge in [-0.05, 0) is 0 Å². The van der Waals surface area contributed by atoms with Gasteiger partial charge in [-0.3, -0.25) is 0 Å². The average molecular weight is 403 g/mol. The van der Waals surface area contributed by atoms with E-state index in [2.05, 4.69) is 66.7 Å². The fourth-order valence-corrected chi connectivity index (χ4v) is 28.5. The summed E-state index contributed by atoms with van der Waals surface area (Å²) in [5, 5.41) is 1.78. The van der Waals surface area contributed by atoms with Crippen molar-refractivity contribution in [2.45, 2.75) is 58.6 Å². The molecule has 0 atom stereocenters. The van der Waals surface area contributed by atoms with Crippen molar-refractivity contribution >= 4 is 46.8 Å². The summed E-state index contributed by atoms with van der Waals surface area (Å²) in [4.78, 5) is 8.44. The van der Waals surface area contributed by atoms with Crippen LogP contribution >= 0.6 is 17.9 Å². The van der Waals surface area contributed by atoms with E-state index < -0.39 is 23.7 Å². The van der Waals surface area contributed by atoms with Gasteiger partial charge in [-0.15, -0.1) is 0 Å². The van der Waals surface area contributed by atoms with Gasteiger partial charge in [-0.25, -0.2) is 0 Å². The summed E-state index contributed by atoms with van der Waals surface area (Å²) in [7, 11) is 3.34. The molecule has 0 spiro atoms. The Labute approximate surface area is 122 Å². The van der Waals surface area contributed by atoms with E-state index in [0.717, 1.165) is 0 Å². The predicted molar refractivity (Wildman–Crippen MR) is 92.5 cm³/mol. The molecule has 0 fully saturated rings. The molecule has 4 heteroatoms. The first-order valence-corrected chi connectivity index (χ1v) is 23.9. The van der Waals surface area contributed by atoms with E-state index >= 15 is 0 Å². The van der Waals surface area contributed by atoms with Crippen LogP contribution in [0, 0.1) is 0 Å². The third-order valence-electron chi connectivity index (χ3n) is 4.28. The molecule has 18 heavy (non-hydrogen) atoms. The first-order valence-electron chi connectivity index (χ1n) is 6.99. The summed E-state index contributed by atoms with van der Waals surface area (Å²) < 4.78 is 0. The van der Waals surface area contributed by atoms with E-state index in [-0.39, 0.29) is 0 Å². The van der Waals surface area contributed by atoms with Gasteiger partial charge in [0.05, 0.1) is 0 Å². The summed E-state index contributed by atoms with van der Waals surface area (Å²) in [5.74, 6) is 0. The summed E-state index contributed by atoms with van der Waals surface area (Å²) in [6, 6.07) is 11.3. The van der Waals surface area contributed by atoms with Crippen LogP contribution in [-0.2, 0) is 0 Å². The van der Waals surface area contributed by atoms with Crippen LogP contribution in [0.15, 0.2) is 28.0 Å². The minimum atomic E-state index is -1.88. The molecule has 1 aliphatic heterocycles. The molecule has 1 heterocycles. The van der Waals surface area contributed by atoms with Crippen molar-refractivity contribution in [3.63, 3.8) is 0 Å². The predicted octanol–water partition coefficient (Wildman–Crippen LogP) is 5.30. The van der Waals surface area contributed by atoms with E-state index in [0.29, 0.717) is 0 Å². The van der Waals surface area contributed by atoms with Gasteiger partial charge in [-0.1, -0.05) is 0 Å². The van der Waals surface area contributed by atoms with Crippen LogP contribution in [0.2, 0.25) is 28.0 Å². The van der Waals surface area contributed by atoms with Gasteiger partial charge in [0.25, 0.3) is 0 Å². The van der Waals surface area contributed by atoms with Crippen LogP contribution in [0.1, 0.15) is 20.8 Å². The summed E-state index contributed by atoms with van der Waals surface area (Å²) >= 11 is -1.88. The molecular weight excluding hydrogens is 379 g/mol. The molecule has 1 aliphatic rings. The fraction of sp³-hybridized carbons (Fsp3) is 0.571. The zero-order valence-corrected chi connectivity index (χ0v) is 17.7. The summed E-state index contributed by atoms with van der Waals surface area (Å²) in [6.45, 7) is 7.25. The van der Waals surface area contributed by atoms with Gasteiger partial charge >= 0.3 is 124 Å². The van der Waals surface area contributed by atoms with Crippen molar-refractivity contribution in [3.05, 3.63) is 18.2 Å². The van der Waals surface area contributed by atoms with Crippen molar-refractivity contribution in [3.8, 4) is 0 Å². The number of hydrogen-bond acceptors (Lipinski definition) is 2. The molecule has 0 aliphatic carbocycles. The monoisotopic (exact) mass is 404 g/mol. The van der Waals surface area contributed by atoms with Crippen molar-refractivity contribution in [1.29, 1.82) is 0 Å². The second-order valence-electron chi connectivity index (χ2n) is 5.58. The third-order valence-corrected chi connectivity index (χ3v) is 27.8. The van der Waals surface area contributed by atoms with Crippen LogP contribution in [0.5, 0.6) is 0 Å². The number of benzene rings is 1. The molecule has 100 valence electrons. The topological polar surface area (TPSA) is 0 Å². The maximum absolute atomic E-state index is 2.56.